The number of ether oxygens (including phenoxy) is 1. The lowest BCUT2D eigenvalue weighted by atomic mass is 9.82. The minimum atomic E-state index is -4.04. The molecule has 0 fully saturated rings. The van der Waals surface area contributed by atoms with Gasteiger partial charge in [0.1, 0.15) is 11.8 Å². The summed E-state index contributed by atoms with van der Waals surface area (Å²) in [5.74, 6) is 0.665. The Bertz CT molecular complexity index is 2240. The van der Waals surface area contributed by atoms with Gasteiger partial charge in [-0.05, 0) is 66.4 Å². The molecule has 0 N–H and O–H groups in total. The topological polar surface area (TPSA) is 60.7 Å². The number of aliphatic imine (C=N–C) groups is 1. The molecule has 0 spiro atoms. The summed E-state index contributed by atoms with van der Waals surface area (Å²) < 4.78 is 37.9. The zero-order chi connectivity index (χ0) is 30.2. The Labute approximate surface area is 261 Å². The van der Waals surface area contributed by atoms with Crippen LogP contribution in [0.4, 0.5) is 0 Å². The standard InChI is InChI=1S/C37H27ClN2O3S/c1-22-12-19-27(20-13-22)44(41,42)40-30-21-14-23(2)36-31(30)32(35(40)25-8-4-3-5-9-25)34-28-10-6-7-11-29(28)37(43-36)33(39-34)24-15-17-26(38)18-16-24/h3-21,34,37H,1-2H3/t34-,37+/m0/s1. The highest BCUT2D eigenvalue weighted by molar-refractivity contribution is 7.90. The second-order valence-corrected chi connectivity index (χ2v) is 13.6. The molecule has 216 valence electrons. The average Bonchev–Trinajstić information content (AvgIpc) is 3.38. The van der Waals surface area contributed by atoms with E-state index < -0.39 is 22.2 Å². The smallest absolute Gasteiger partial charge is 0.268 e. The average molecular weight is 615 g/mol. The van der Waals surface area contributed by atoms with E-state index in [0.717, 1.165) is 50.0 Å². The van der Waals surface area contributed by atoms with Crippen molar-refractivity contribution in [2.24, 2.45) is 4.99 Å². The number of hydrogen-bond donors (Lipinski definition) is 0. The fraction of sp³-hybridized carbons (Fsp3) is 0.108. The van der Waals surface area contributed by atoms with Crippen molar-refractivity contribution in [3.05, 3.63) is 154 Å². The SMILES string of the molecule is Cc1ccc(S(=O)(=O)n2c(-c3ccccc3)c3c4c(c(C)ccc42)O[C@H]2C(c4ccc(Cl)cc4)=N[C@H]3c3ccccc32)cc1. The molecular weight excluding hydrogens is 588 g/mol. The molecule has 44 heavy (non-hydrogen) atoms. The van der Waals surface area contributed by atoms with Gasteiger partial charge in [-0.3, -0.25) is 4.99 Å². The quantitative estimate of drug-likeness (QED) is 0.199. The molecule has 3 aliphatic heterocycles. The van der Waals surface area contributed by atoms with Gasteiger partial charge in [-0.2, -0.15) is 0 Å². The molecule has 0 amide bonds. The highest BCUT2D eigenvalue weighted by Crippen LogP contribution is 2.53. The number of hydrogen-bond acceptors (Lipinski definition) is 4. The van der Waals surface area contributed by atoms with E-state index in [1.54, 1.807) is 12.1 Å². The normalized spacial score (nSPS) is 17.0. The molecule has 5 nitrogen and oxygen atoms in total. The van der Waals surface area contributed by atoms with Crippen molar-refractivity contribution in [1.29, 1.82) is 0 Å². The van der Waals surface area contributed by atoms with Gasteiger partial charge in [-0.15, -0.1) is 0 Å². The predicted octanol–water partition coefficient (Wildman–Crippen LogP) is 8.84. The van der Waals surface area contributed by atoms with Gasteiger partial charge in [-0.1, -0.05) is 102 Å². The number of aromatic nitrogens is 1. The molecule has 6 aromatic rings. The Morgan fingerprint density at radius 2 is 1.43 bits per heavy atom. The van der Waals surface area contributed by atoms with E-state index in [1.807, 2.05) is 105 Å². The van der Waals surface area contributed by atoms with Crippen molar-refractivity contribution in [1.82, 2.24) is 3.97 Å². The number of halogens is 1. The number of rotatable bonds is 4. The van der Waals surface area contributed by atoms with Gasteiger partial charge in [0.2, 0.25) is 0 Å². The van der Waals surface area contributed by atoms with Crippen molar-refractivity contribution >= 4 is 38.2 Å². The second kappa shape index (κ2) is 9.94. The van der Waals surface area contributed by atoms with Crippen LogP contribution in [0.25, 0.3) is 22.2 Å². The molecule has 0 saturated carbocycles. The number of benzene rings is 5. The predicted molar refractivity (Wildman–Crippen MR) is 176 cm³/mol. The van der Waals surface area contributed by atoms with Gasteiger partial charge < -0.3 is 4.74 Å². The number of aryl methyl sites for hydroxylation is 2. The Kier molecular flexibility index (Phi) is 6.09. The van der Waals surface area contributed by atoms with Gasteiger partial charge >= 0.3 is 0 Å². The van der Waals surface area contributed by atoms with Gasteiger partial charge in [0.25, 0.3) is 10.0 Å². The summed E-state index contributed by atoms with van der Waals surface area (Å²) in [6.07, 6.45) is -0.488. The third-order valence-electron chi connectivity index (χ3n) is 8.62. The Hall–Kier alpha value is -4.65. The van der Waals surface area contributed by atoms with E-state index in [1.165, 1.54) is 3.97 Å². The maximum Gasteiger partial charge on any atom is 0.268 e. The molecule has 5 aromatic carbocycles. The van der Waals surface area contributed by atoms with Crippen LogP contribution < -0.4 is 4.74 Å². The molecule has 0 aliphatic carbocycles. The second-order valence-electron chi connectivity index (χ2n) is 11.4. The van der Waals surface area contributed by atoms with Crippen molar-refractivity contribution < 1.29 is 13.2 Å². The summed E-state index contributed by atoms with van der Waals surface area (Å²) in [6, 6.07) is 35.9. The molecule has 7 heteroatoms. The van der Waals surface area contributed by atoms with Crippen LogP contribution in [0.3, 0.4) is 0 Å². The molecule has 9 rings (SSSR count). The van der Waals surface area contributed by atoms with Crippen LogP contribution in [-0.2, 0) is 10.0 Å². The van der Waals surface area contributed by atoms with Crippen molar-refractivity contribution in [2.75, 3.05) is 0 Å². The highest BCUT2D eigenvalue weighted by Gasteiger charge is 2.41. The van der Waals surface area contributed by atoms with E-state index in [9.17, 15) is 8.42 Å². The fourth-order valence-corrected chi connectivity index (χ4v) is 8.20. The zero-order valence-corrected chi connectivity index (χ0v) is 25.6. The summed E-state index contributed by atoms with van der Waals surface area (Å²) in [5.41, 5.74) is 8.31. The van der Waals surface area contributed by atoms with Crippen LogP contribution in [0.15, 0.2) is 125 Å². The van der Waals surface area contributed by atoms with Gasteiger partial charge in [-0.25, -0.2) is 12.4 Å². The molecule has 4 heterocycles. The molecule has 3 aliphatic rings. The van der Waals surface area contributed by atoms with E-state index in [2.05, 4.69) is 12.1 Å². The number of nitrogens with zero attached hydrogens (tertiary/aromatic N) is 2. The minimum absolute atomic E-state index is 0.219. The first-order valence-corrected chi connectivity index (χ1v) is 16.3. The summed E-state index contributed by atoms with van der Waals surface area (Å²) >= 11 is 6.27. The van der Waals surface area contributed by atoms with Gasteiger partial charge in [0, 0.05) is 21.5 Å². The Morgan fingerprint density at radius 1 is 0.750 bits per heavy atom. The molecule has 0 radical (unpaired) electrons. The van der Waals surface area contributed by atoms with Crippen molar-refractivity contribution in [2.45, 2.75) is 30.9 Å². The van der Waals surface area contributed by atoms with Gasteiger partial charge in [0.05, 0.1) is 21.8 Å². The first-order valence-electron chi connectivity index (χ1n) is 14.5. The molecule has 2 atom stereocenters. The van der Waals surface area contributed by atoms with Crippen LogP contribution >= 0.6 is 11.6 Å². The molecule has 1 aromatic heterocycles. The van der Waals surface area contributed by atoms with Crippen LogP contribution in [0.5, 0.6) is 5.75 Å². The van der Waals surface area contributed by atoms with Crippen LogP contribution in [0.2, 0.25) is 5.02 Å². The maximum atomic E-state index is 14.7. The third kappa shape index (κ3) is 3.98. The Morgan fingerprint density at radius 3 is 2.16 bits per heavy atom. The van der Waals surface area contributed by atoms with Crippen LogP contribution in [-0.4, -0.2) is 18.1 Å². The summed E-state index contributed by atoms with van der Waals surface area (Å²) in [7, 11) is -4.04. The lowest BCUT2D eigenvalue weighted by Crippen LogP contribution is -2.29. The highest BCUT2D eigenvalue weighted by atomic mass is 35.5. The Balaban J connectivity index is 1.54. The molecular formula is C37H27ClN2O3S. The van der Waals surface area contributed by atoms with E-state index >= 15 is 0 Å². The maximum absolute atomic E-state index is 14.7. The first kappa shape index (κ1) is 26.9. The van der Waals surface area contributed by atoms with Gasteiger partial charge in [0.15, 0.2) is 6.10 Å². The molecule has 0 saturated heterocycles. The summed E-state index contributed by atoms with van der Waals surface area (Å²) in [6.45, 7) is 3.95. The summed E-state index contributed by atoms with van der Waals surface area (Å²) in [4.78, 5) is 5.62. The largest absolute Gasteiger partial charge is 0.478 e. The zero-order valence-electron chi connectivity index (χ0n) is 24.0. The monoisotopic (exact) mass is 614 g/mol. The van der Waals surface area contributed by atoms with Crippen molar-refractivity contribution in [3.63, 3.8) is 0 Å². The van der Waals surface area contributed by atoms with E-state index in [-0.39, 0.29) is 4.90 Å². The fourth-order valence-electron chi connectivity index (χ4n) is 6.53. The first-order chi connectivity index (χ1) is 21.3. The van der Waals surface area contributed by atoms with Crippen LogP contribution in [0, 0.1) is 13.8 Å². The third-order valence-corrected chi connectivity index (χ3v) is 10.6. The molecule has 2 bridgehead atoms. The lowest BCUT2D eigenvalue weighted by Gasteiger charge is -2.35. The van der Waals surface area contributed by atoms with E-state index in [4.69, 9.17) is 21.3 Å². The lowest BCUT2D eigenvalue weighted by molar-refractivity contribution is 0.268. The van der Waals surface area contributed by atoms with Crippen LogP contribution in [0.1, 0.15) is 45.5 Å². The van der Waals surface area contributed by atoms with E-state index in [0.29, 0.717) is 22.0 Å². The summed E-state index contributed by atoms with van der Waals surface area (Å²) in [5, 5.41) is 1.40. The molecule has 0 unspecified atom stereocenters. The van der Waals surface area contributed by atoms with Crippen molar-refractivity contribution in [3.8, 4) is 17.0 Å². The minimum Gasteiger partial charge on any atom is -0.478 e.